The molecule has 1 aromatic carbocycles. The molecule has 0 bridgehead atoms. The molecule has 0 radical (unpaired) electrons. The number of carbonyl (C=O) groups is 1. The molecule has 3 aromatic rings. The zero-order valence-electron chi connectivity index (χ0n) is 14.4. The fourth-order valence-electron chi connectivity index (χ4n) is 3.18. The van der Waals surface area contributed by atoms with Crippen LogP contribution in [0.3, 0.4) is 0 Å². The van der Waals surface area contributed by atoms with Crippen molar-refractivity contribution in [1.29, 1.82) is 0 Å². The van der Waals surface area contributed by atoms with E-state index in [1.165, 1.54) is 18.6 Å². The van der Waals surface area contributed by atoms with E-state index in [4.69, 9.17) is 0 Å². The average molecular weight is 383 g/mol. The summed E-state index contributed by atoms with van der Waals surface area (Å²) in [5, 5.41) is 22.2. The van der Waals surface area contributed by atoms with Crippen LogP contribution in [0.4, 0.5) is 10.7 Å². The molecule has 0 spiro atoms. The number of fused-ring (bicyclic) bond motifs is 1. The lowest BCUT2D eigenvalue weighted by molar-refractivity contribution is -0.380. The molecule has 3 heterocycles. The minimum atomic E-state index is -0.501. The molecule has 2 aromatic heterocycles. The number of carbonyl (C=O) groups excluding carboxylic acids is 1. The van der Waals surface area contributed by atoms with Gasteiger partial charge >= 0.3 is 5.00 Å². The number of anilines is 1. The number of benzene rings is 1. The second-order valence-corrected chi connectivity index (χ2v) is 7.39. The topological polar surface area (TPSA) is 103 Å². The molecule has 0 aliphatic carbocycles. The van der Waals surface area contributed by atoms with E-state index in [1.807, 2.05) is 18.2 Å². The maximum absolute atomic E-state index is 12.4. The van der Waals surface area contributed by atoms with Crippen LogP contribution in [0.1, 0.15) is 34.8 Å². The van der Waals surface area contributed by atoms with Crippen LogP contribution < -0.4 is 5.32 Å². The summed E-state index contributed by atoms with van der Waals surface area (Å²) in [6, 6.07) is 10.2. The highest BCUT2D eigenvalue weighted by atomic mass is 32.1. The lowest BCUT2D eigenvalue weighted by Crippen LogP contribution is -2.10. The Bertz CT molecular complexity index is 1010. The average Bonchev–Trinajstić information content (AvgIpc) is 3.24. The third-order valence-corrected chi connectivity index (χ3v) is 5.52. The Hall–Kier alpha value is -3.07. The second kappa shape index (κ2) is 7.28. The first-order valence-electron chi connectivity index (χ1n) is 8.70. The summed E-state index contributed by atoms with van der Waals surface area (Å²) in [6.07, 6.45) is 4.35. The third-order valence-electron chi connectivity index (χ3n) is 4.48. The molecule has 1 N–H and O–H groups in total. The Labute approximate surface area is 159 Å². The van der Waals surface area contributed by atoms with Gasteiger partial charge in [0, 0.05) is 30.3 Å². The quantitative estimate of drug-likeness (QED) is 0.544. The van der Waals surface area contributed by atoms with Crippen molar-refractivity contribution in [3.63, 3.8) is 0 Å². The van der Waals surface area contributed by atoms with Crippen molar-refractivity contribution in [2.24, 2.45) is 0 Å². The van der Waals surface area contributed by atoms with Gasteiger partial charge in [0.2, 0.25) is 0 Å². The van der Waals surface area contributed by atoms with Gasteiger partial charge in [0.05, 0.1) is 9.80 Å². The molecule has 8 nitrogen and oxygen atoms in total. The molecule has 1 aliphatic rings. The summed E-state index contributed by atoms with van der Waals surface area (Å²) in [7, 11) is 0. The largest absolute Gasteiger partial charge is 0.324 e. The van der Waals surface area contributed by atoms with Gasteiger partial charge in [0.1, 0.15) is 5.82 Å². The van der Waals surface area contributed by atoms with E-state index in [2.05, 4.69) is 20.1 Å². The molecule has 4 rings (SSSR count). The van der Waals surface area contributed by atoms with E-state index >= 15 is 0 Å². The van der Waals surface area contributed by atoms with Crippen molar-refractivity contribution in [1.82, 2.24) is 14.8 Å². The van der Waals surface area contributed by atoms with Gasteiger partial charge in [-0.2, -0.15) is 0 Å². The van der Waals surface area contributed by atoms with Crippen molar-refractivity contribution in [2.75, 3.05) is 5.32 Å². The van der Waals surface area contributed by atoms with Gasteiger partial charge in [-0.15, -0.1) is 10.2 Å². The Morgan fingerprint density at radius 3 is 2.89 bits per heavy atom. The summed E-state index contributed by atoms with van der Waals surface area (Å²) in [4.78, 5) is 22.9. The van der Waals surface area contributed by atoms with E-state index in [0.717, 1.165) is 54.4 Å². The predicted octanol–water partition coefficient (Wildman–Crippen LogP) is 3.89. The van der Waals surface area contributed by atoms with Crippen LogP contribution in [0.5, 0.6) is 0 Å². The van der Waals surface area contributed by atoms with Gasteiger partial charge in [-0.25, -0.2) is 0 Å². The van der Waals surface area contributed by atoms with Crippen LogP contribution in [0.2, 0.25) is 0 Å². The number of amides is 1. The maximum atomic E-state index is 12.4. The van der Waals surface area contributed by atoms with Crippen LogP contribution in [-0.2, 0) is 13.0 Å². The van der Waals surface area contributed by atoms with Crippen LogP contribution >= 0.6 is 11.3 Å². The number of hydrogen-bond acceptors (Lipinski definition) is 6. The minimum absolute atomic E-state index is 0.0555. The van der Waals surface area contributed by atoms with Crippen LogP contribution in [-0.4, -0.2) is 25.6 Å². The number of aromatic nitrogens is 3. The van der Waals surface area contributed by atoms with Crippen molar-refractivity contribution < 1.29 is 9.72 Å². The van der Waals surface area contributed by atoms with Gasteiger partial charge in [-0.3, -0.25) is 14.9 Å². The number of hydrogen-bond donors (Lipinski definition) is 1. The SMILES string of the molecule is O=C(Nc1cccc(-c2nnc3n2CCCCC3)c1)c1ccc([N+](=O)[O-])s1. The smallest absolute Gasteiger partial charge is 0.321 e. The van der Waals surface area contributed by atoms with E-state index in [0.29, 0.717) is 10.6 Å². The highest BCUT2D eigenvalue weighted by molar-refractivity contribution is 7.17. The van der Waals surface area contributed by atoms with Gasteiger partial charge in [-0.1, -0.05) is 29.9 Å². The van der Waals surface area contributed by atoms with Crippen molar-refractivity contribution in [3.8, 4) is 11.4 Å². The van der Waals surface area contributed by atoms with Gasteiger partial charge in [-0.05, 0) is 31.0 Å². The van der Waals surface area contributed by atoms with E-state index < -0.39 is 4.92 Å². The standard InChI is InChI=1S/C18H17N5O3S/c24-18(14-8-9-16(27-14)23(25)26)19-13-6-4-5-12(11-13)17-21-20-15-7-2-1-3-10-22(15)17/h4-6,8-9,11H,1-3,7,10H2,(H,19,24). The summed E-state index contributed by atoms with van der Waals surface area (Å²) >= 11 is 0.854. The molecule has 0 saturated carbocycles. The van der Waals surface area contributed by atoms with Crippen LogP contribution in [0.15, 0.2) is 36.4 Å². The number of aryl methyl sites for hydroxylation is 1. The number of nitrogens with one attached hydrogen (secondary N) is 1. The van der Waals surface area contributed by atoms with E-state index in [1.54, 1.807) is 6.07 Å². The fraction of sp³-hybridized carbons (Fsp3) is 0.278. The highest BCUT2D eigenvalue weighted by Gasteiger charge is 2.18. The monoisotopic (exact) mass is 383 g/mol. The number of nitro groups is 1. The first kappa shape index (κ1) is 17.3. The summed E-state index contributed by atoms with van der Waals surface area (Å²) < 4.78 is 2.15. The van der Waals surface area contributed by atoms with Gasteiger partial charge < -0.3 is 9.88 Å². The molecule has 9 heteroatoms. The van der Waals surface area contributed by atoms with E-state index in [-0.39, 0.29) is 10.9 Å². The fourth-order valence-corrected chi connectivity index (χ4v) is 3.89. The normalized spacial score (nSPS) is 13.6. The van der Waals surface area contributed by atoms with Crippen molar-refractivity contribution >= 4 is 27.9 Å². The molecule has 138 valence electrons. The second-order valence-electron chi connectivity index (χ2n) is 6.33. The molecule has 0 fully saturated rings. The first-order valence-corrected chi connectivity index (χ1v) is 9.51. The maximum Gasteiger partial charge on any atom is 0.324 e. The number of rotatable bonds is 4. The lowest BCUT2D eigenvalue weighted by Gasteiger charge is -2.09. The predicted molar refractivity (Wildman–Crippen MR) is 102 cm³/mol. The summed E-state index contributed by atoms with van der Waals surface area (Å²) in [5.74, 6) is 1.43. The molecular weight excluding hydrogens is 366 g/mol. The zero-order chi connectivity index (χ0) is 18.8. The van der Waals surface area contributed by atoms with Crippen molar-refractivity contribution in [3.05, 3.63) is 57.2 Å². The Morgan fingerprint density at radius 2 is 2.07 bits per heavy atom. The number of nitrogens with zero attached hydrogens (tertiary/aromatic N) is 4. The van der Waals surface area contributed by atoms with Crippen molar-refractivity contribution in [2.45, 2.75) is 32.2 Å². The first-order chi connectivity index (χ1) is 13.1. The van der Waals surface area contributed by atoms with E-state index in [9.17, 15) is 14.9 Å². The molecule has 1 aliphatic heterocycles. The summed E-state index contributed by atoms with van der Waals surface area (Å²) in [5.41, 5.74) is 1.49. The van der Waals surface area contributed by atoms with Gasteiger partial charge in [0.25, 0.3) is 5.91 Å². The molecule has 27 heavy (non-hydrogen) atoms. The Morgan fingerprint density at radius 1 is 1.19 bits per heavy atom. The third kappa shape index (κ3) is 3.59. The van der Waals surface area contributed by atoms with Crippen LogP contribution in [0, 0.1) is 10.1 Å². The molecule has 1 amide bonds. The molecule has 0 atom stereocenters. The van der Waals surface area contributed by atoms with Crippen LogP contribution in [0.25, 0.3) is 11.4 Å². The Kier molecular flexibility index (Phi) is 4.68. The van der Waals surface area contributed by atoms with Gasteiger partial charge in [0.15, 0.2) is 5.82 Å². The minimum Gasteiger partial charge on any atom is -0.321 e. The Balaban J connectivity index is 1.57. The highest BCUT2D eigenvalue weighted by Crippen LogP contribution is 2.27. The summed E-state index contributed by atoms with van der Waals surface area (Å²) in [6.45, 7) is 0.896. The molecular formula is C18H17N5O3S. The molecule has 0 unspecified atom stereocenters. The molecule has 0 saturated heterocycles. The number of thiophene rings is 1. The zero-order valence-corrected chi connectivity index (χ0v) is 15.2. The lowest BCUT2D eigenvalue weighted by atomic mass is 10.2.